The minimum absolute atomic E-state index is 0.0949. The number of hydrogen-bond donors (Lipinski definition) is 2. The average Bonchev–Trinajstić information content (AvgIpc) is 3.04. The summed E-state index contributed by atoms with van der Waals surface area (Å²) in [6.07, 6.45) is 7.45. The zero-order valence-electron chi connectivity index (χ0n) is 16.3. The highest BCUT2D eigenvalue weighted by Gasteiger charge is 2.54. The molecule has 4 aliphatic rings. The summed E-state index contributed by atoms with van der Waals surface area (Å²) in [5.41, 5.74) is 1.91. The van der Waals surface area contributed by atoms with Gasteiger partial charge in [-0.1, -0.05) is 23.5 Å². The van der Waals surface area contributed by atoms with E-state index in [-0.39, 0.29) is 23.7 Å². The molecule has 148 valence electrons. The number of rotatable bonds is 5. The van der Waals surface area contributed by atoms with E-state index in [9.17, 15) is 9.59 Å². The van der Waals surface area contributed by atoms with Crippen molar-refractivity contribution >= 4 is 38.5 Å². The first-order valence-electron chi connectivity index (χ1n) is 10.4. The molecule has 2 N–H and O–H groups in total. The van der Waals surface area contributed by atoms with Crippen molar-refractivity contribution in [3.8, 4) is 0 Å². The Hall–Kier alpha value is -1.95. The van der Waals surface area contributed by atoms with Crippen LogP contribution >= 0.6 is 11.3 Å². The highest BCUT2D eigenvalue weighted by Crippen LogP contribution is 2.60. The Labute approximate surface area is 169 Å². The van der Waals surface area contributed by atoms with Crippen LogP contribution in [0.3, 0.4) is 0 Å². The van der Waals surface area contributed by atoms with E-state index < -0.39 is 0 Å². The number of aryl methyl sites for hydroxylation is 1. The van der Waals surface area contributed by atoms with E-state index in [2.05, 4.69) is 15.6 Å². The van der Waals surface area contributed by atoms with Gasteiger partial charge in [0.15, 0.2) is 5.13 Å². The second kappa shape index (κ2) is 6.83. The lowest BCUT2D eigenvalue weighted by Gasteiger charge is -2.55. The third kappa shape index (κ3) is 3.21. The number of carbonyl (C=O) groups excluding carboxylic acids is 2. The monoisotopic (exact) mass is 397 g/mol. The second-order valence-corrected chi connectivity index (χ2v) is 10.2. The Balaban J connectivity index is 1.15. The number of benzene rings is 1. The van der Waals surface area contributed by atoms with Crippen LogP contribution in [0.15, 0.2) is 18.2 Å². The Morgan fingerprint density at radius 1 is 1.14 bits per heavy atom. The van der Waals surface area contributed by atoms with Gasteiger partial charge < -0.3 is 10.6 Å². The molecule has 2 aromatic rings. The molecule has 1 aromatic carbocycles. The van der Waals surface area contributed by atoms with Crippen molar-refractivity contribution in [1.82, 2.24) is 10.3 Å². The fourth-order valence-corrected chi connectivity index (χ4v) is 7.15. The van der Waals surface area contributed by atoms with Crippen molar-refractivity contribution in [2.24, 2.45) is 23.2 Å². The van der Waals surface area contributed by atoms with Gasteiger partial charge in [0.1, 0.15) is 0 Å². The van der Waals surface area contributed by atoms with Crippen LogP contribution in [0.25, 0.3) is 10.2 Å². The van der Waals surface area contributed by atoms with Crippen molar-refractivity contribution in [3.05, 3.63) is 23.8 Å². The summed E-state index contributed by atoms with van der Waals surface area (Å²) in [5.74, 6) is 2.35. The maximum atomic E-state index is 12.9. The smallest absolute Gasteiger partial charge is 0.227 e. The van der Waals surface area contributed by atoms with E-state index >= 15 is 0 Å². The summed E-state index contributed by atoms with van der Waals surface area (Å²) < 4.78 is 1.07. The fourth-order valence-electron chi connectivity index (χ4n) is 6.19. The minimum Gasteiger partial charge on any atom is -0.355 e. The molecule has 28 heavy (non-hydrogen) atoms. The number of thiazole rings is 1. The number of anilines is 1. The van der Waals surface area contributed by atoms with Gasteiger partial charge in [0.2, 0.25) is 11.8 Å². The summed E-state index contributed by atoms with van der Waals surface area (Å²) in [7, 11) is 0. The first kappa shape index (κ1) is 18.1. The molecule has 1 heterocycles. The zero-order valence-corrected chi connectivity index (χ0v) is 17.1. The van der Waals surface area contributed by atoms with Crippen LogP contribution in [0.4, 0.5) is 5.13 Å². The summed E-state index contributed by atoms with van der Waals surface area (Å²) in [6.45, 7) is 2.42. The molecule has 0 radical (unpaired) electrons. The van der Waals surface area contributed by atoms with Crippen LogP contribution in [0.2, 0.25) is 0 Å². The SMILES string of the molecule is Cc1cccc2sc(NC(=O)CCNC(=O)C34CC5CC(CC(C5)C3)C4)nc12. The number of nitrogens with one attached hydrogen (secondary N) is 2. The van der Waals surface area contributed by atoms with E-state index in [4.69, 9.17) is 0 Å². The predicted molar refractivity (Wildman–Crippen MR) is 111 cm³/mol. The van der Waals surface area contributed by atoms with Crippen molar-refractivity contribution in [2.45, 2.75) is 51.9 Å². The number of para-hydroxylation sites is 1. The normalized spacial score (nSPS) is 30.5. The van der Waals surface area contributed by atoms with Gasteiger partial charge >= 0.3 is 0 Å². The van der Waals surface area contributed by atoms with Gasteiger partial charge in [0.05, 0.1) is 10.2 Å². The molecule has 4 bridgehead atoms. The highest BCUT2D eigenvalue weighted by atomic mass is 32.1. The Morgan fingerprint density at radius 2 is 1.82 bits per heavy atom. The van der Waals surface area contributed by atoms with Crippen molar-refractivity contribution in [3.63, 3.8) is 0 Å². The summed E-state index contributed by atoms with van der Waals surface area (Å²) in [6, 6.07) is 6.04. The van der Waals surface area contributed by atoms with Gasteiger partial charge in [-0.25, -0.2) is 4.98 Å². The maximum absolute atomic E-state index is 12.9. The topological polar surface area (TPSA) is 71.1 Å². The van der Waals surface area contributed by atoms with Crippen molar-refractivity contribution < 1.29 is 9.59 Å². The lowest BCUT2D eigenvalue weighted by Crippen LogP contribution is -2.53. The first-order chi connectivity index (χ1) is 13.5. The van der Waals surface area contributed by atoms with E-state index in [1.54, 1.807) is 0 Å². The molecule has 1 aromatic heterocycles. The van der Waals surface area contributed by atoms with Gasteiger partial charge in [0.25, 0.3) is 0 Å². The third-order valence-corrected chi connectivity index (χ3v) is 7.96. The second-order valence-electron chi connectivity index (χ2n) is 9.19. The number of aromatic nitrogens is 1. The number of amides is 2. The predicted octanol–water partition coefficient (Wildman–Crippen LogP) is 4.27. The lowest BCUT2D eigenvalue weighted by atomic mass is 9.49. The fraction of sp³-hybridized carbons (Fsp3) is 0.591. The van der Waals surface area contributed by atoms with Crippen molar-refractivity contribution in [2.75, 3.05) is 11.9 Å². The van der Waals surface area contributed by atoms with Crippen LogP contribution in [-0.2, 0) is 9.59 Å². The number of nitrogens with zero attached hydrogens (tertiary/aromatic N) is 1. The molecule has 0 atom stereocenters. The van der Waals surface area contributed by atoms with E-state index in [0.29, 0.717) is 11.7 Å². The van der Waals surface area contributed by atoms with Crippen LogP contribution in [-0.4, -0.2) is 23.3 Å². The van der Waals surface area contributed by atoms with Gasteiger partial charge in [-0.2, -0.15) is 0 Å². The first-order valence-corrected chi connectivity index (χ1v) is 11.3. The third-order valence-electron chi connectivity index (χ3n) is 7.02. The Bertz CT molecular complexity index is 900. The molecular formula is C22H27N3O2S. The molecule has 2 amide bonds. The molecule has 4 fully saturated rings. The van der Waals surface area contributed by atoms with E-state index in [1.807, 2.05) is 25.1 Å². The molecule has 6 rings (SSSR count). The summed E-state index contributed by atoms with van der Waals surface area (Å²) in [5, 5.41) is 6.59. The van der Waals surface area contributed by atoms with Gasteiger partial charge in [-0.3, -0.25) is 9.59 Å². The zero-order chi connectivity index (χ0) is 19.3. The number of carbonyl (C=O) groups is 2. The minimum atomic E-state index is -0.143. The van der Waals surface area contributed by atoms with Gasteiger partial charge in [0, 0.05) is 18.4 Å². The molecule has 0 saturated heterocycles. The number of hydrogen-bond acceptors (Lipinski definition) is 4. The van der Waals surface area contributed by atoms with Gasteiger partial charge in [-0.05, 0) is 74.8 Å². The van der Waals surface area contributed by atoms with Crippen molar-refractivity contribution in [1.29, 1.82) is 0 Å². The summed E-state index contributed by atoms with van der Waals surface area (Å²) in [4.78, 5) is 29.8. The van der Waals surface area contributed by atoms with E-state index in [1.165, 1.54) is 30.6 Å². The molecule has 0 aliphatic heterocycles. The standard InChI is InChI=1S/C22H27N3O2S/c1-13-3-2-4-17-19(13)25-21(28-17)24-18(26)5-6-23-20(27)22-10-14-7-15(11-22)9-16(8-14)12-22/h2-4,14-16H,5-12H2,1H3,(H,23,27)(H,24,25,26). The molecular weight excluding hydrogens is 370 g/mol. The molecule has 4 saturated carbocycles. The Kier molecular flexibility index (Phi) is 4.42. The lowest BCUT2D eigenvalue weighted by molar-refractivity contribution is -0.146. The Morgan fingerprint density at radius 3 is 2.46 bits per heavy atom. The van der Waals surface area contributed by atoms with Crippen LogP contribution < -0.4 is 10.6 Å². The number of fused-ring (bicyclic) bond motifs is 1. The van der Waals surface area contributed by atoms with Crippen LogP contribution in [0.1, 0.15) is 50.5 Å². The molecule has 5 nitrogen and oxygen atoms in total. The average molecular weight is 398 g/mol. The van der Waals surface area contributed by atoms with E-state index in [0.717, 1.165) is 52.8 Å². The molecule has 6 heteroatoms. The highest BCUT2D eigenvalue weighted by molar-refractivity contribution is 7.22. The maximum Gasteiger partial charge on any atom is 0.227 e. The van der Waals surface area contributed by atoms with Gasteiger partial charge in [-0.15, -0.1) is 0 Å². The van der Waals surface area contributed by atoms with Crippen LogP contribution in [0, 0.1) is 30.1 Å². The largest absolute Gasteiger partial charge is 0.355 e. The quantitative estimate of drug-likeness (QED) is 0.792. The summed E-state index contributed by atoms with van der Waals surface area (Å²) >= 11 is 1.49. The molecule has 0 spiro atoms. The molecule has 4 aliphatic carbocycles. The molecule has 0 unspecified atom stereocenters. The van der Waals surface area contributed by atoms with Crippen LogP contribution in [0.5, 0.6) is 0 Å².